The van der Waals surface area contributed by atoms with Gasteiger partial charge in [0.05, 0.1) is 0 Å². The zero-order valence-electron chi connectivity index (χ0n) is 12.9. The zero-order chi connectivity index (χ0) is 15.7. The number of hydrogen-bond donors (Lipinski definition) is 1. The summed E-state index contributed by atoms with van der Waals surface area (Å²) in [4.78, 5) is 25.2. The Labute approximate surface area is 130 Å². The Morgan fingerprint density at radius 3 is 2.32 bits per heavy atom. The molecule has 0 aromatic heterocycles. The van der Waals surface area contributed by atoms with E-state index in [4.69, 9.17) is 4.74 Å². The molecule has 1 heterocycles. The molecule has 1 saturated heterocycles. The first-order valence-electron chi connectivity index (χ1n) is 7.99. The molecule has 118 valence electrons. The third-order valence-electron chi connectivity index (χ3n) is 5.08. The minimum absolute atomic E-state index is 0.00134. The molecule has 0 radical (unpaired) electrons. The first kappa shape index (κ1) is 15.2. The van der Waals surface area contributed by atoms with Gasteiger partial charge in [0, 0.05) is 26.1 Å². The van der Waals surface area contributed by atoms with Crippen LogP contribution >= 0.6 is 0 Å². The fraction of sp³-hybridized carbons (Fsp3) is 0.556. The zero-order valence-corrected chi connectivity index (χ0v) is 12.9. The quantitative estimate of drug-likeness (QED) is 0.853. The smallest absolute Gasteiger partial charge is 0.148 e. The van der Waals surface area contributed by atoms with Gasteiger partial charge in [0.25, 0.3) is 0 Å². The predicted octanol–water partition coefficient (Wildman–Crippen LogP) is 2.76. The molecule has 1 aliphatic carbocycles. The number of carbonyl (C=O) groups excluding carboxylic acids is 2. The van der Waals surface area contributed by atoms with Crippen molar-refractivity contribution >= 4 is 11.6 Å². The molecule has 1 saturated carbocycles. The Balaban J connectivity index is 1.80. The summed E-state index contributed by atoms with van der Waals surface area (Å²) < 4.78 is 5.37. The van der Waals surface area contributed by atoms with Crippen molar-refractivity contribution in [3.05, 3.63) is 29.3 Å². The van der Waals surface area contributed by atoms with E-state index in [2.05, 4.69) is 0 Å². The van der Waals surface area contributed by atoms with Gasteiger partial charge in [0.2, 0.25) is 0 Å². The number of aromatic hydroxyl groups is 1. The summed E-state index contributed by atoms with van der Waals surface area (Å²) in [6.07, 6.45) is 2.83. The highest BCUT2D eigenvalue weighted by molar-refractivity contribution is 6.10. The van der Waals surface area contributed by atoms with Gasteiger partial charge >= 0.3 is 0 Å². The fourth-order valence-corrected chi connectivity index (χ4v) is 3.81. The Hall–Kier alpha value is -1.68. The predicted molar refractivity (Wildman–Crippen MR) is 81.9 cm³/mol. The summed E-state index contributed by atoms with van der Waals surface area (Å²) in [5.41, 5.74) is 1.55. The number of rotatable bonds is 2. The lowest BCUT2D eigenvalue weighted by molar-refractivity contribution is -0.135. The lowest BCUT2D eigenvalue weighted by Crippen LogP contribution is -2.36. The van der Waals surface area contributed by atoms with Crippen molar-refractivity contribution in [3.63, 3.8) is 0 Å². The number of ketones is 2. The molecule has 2 fully saturated rings. The van der Waals surface area contributed by atoms with E-state index in [9.17, 15) is 14.7 Å². The SMILES string of the molecule is Cc1ccc(O)cc1C1C(=O)CC(C2CCOCC2)CC1=O. The first-order chi connectivity index (χ1) is 10.6. The van der Waals surface area contributed by atoms with Gasteiger partial charge in [-0.2, -0.15) is 0 Å². The van der Waals surface area contributed by atoms with Crippen molar-refractivity contribution in [2.24, 2.45) is 11.8 Å². The van der Waals surface area contributed by atoms with Gasteiger partial charge in [-0.15, -0.1) is 0 Å². The van der Waals surface area contributed by atoms with Gasteiger partial charge in [0.15, 0.2) is 0 Å². The van der Waals surface area contributed by atoms with Gasteiger partial charge in [-0.1, -0.05) is 6.07 Å². The van der Waals surface area contributed by atoms with Gasteiger partial charge in [-0.05, 0) is 54.9 Å². The topological polar surface area (TPSA) is 63.6 Å². The maximum Gasteiger partial charge on any atom is 0.148 e. The molecular weight excluding hydrogens is 280 g/mol. The molecular formula is C18H22O4. The van der Waals surface area contributed by atoms with Gasteiger partial charge in [0.1, 0.15) is 23.2 Å². The highest BCUT2D eigenvalue weighted by atomic mass is 16.5. The lowest BCUT2D eigenvalue weighted by Gasteiger charge is -2.34. The average molecular weight is 302 g/mol. The van der Waals surface area contributed by atoms with E-state index in [1.54, 1.807) is 18.2 Å². The summed E-state index contributed by atoms with van der Waals surface area (Å²) in [5.74, 6) is 0.00413. The van der Waals surface area contributed by atoms with Crippen LogP contribution in [0.2, 0.25) is 0 Å². The van der Waals surface area contributed by atoms with Crippen LogP contribution in [-0.4, -0.2) is 29.9 Å². The third kappa shape index (κ3) is 2.93. The van der Waals surface area contributed by atoms with E-state index in [1.807, 2.05) is 6.92 Å². The molecule has 0 atom stereocenters. The number of hydrogen-bond acceptors (Lipinski definition) is 4. The maximum absolute atomic E-state index is 12.6. The summed E-state index contributed by atoms with van der Waals surface area (Å²) in [5, 5.41) is 9.66. The molecule has 4 heteroatoms. The minimum atomic E-state index is -0.691. The molecule has 0 spiro atoms. The minimum Gasteiger partial charge on any atom is -0.508 e. The molecule has 3 rings (SSSR count). The molecule has 1 aromatic carbocycles. The average Bonchev–Trinajstić information content (AvgIpc) is 2.51. The van der Waals surface area contributed by atoms with E-state index in [0.717, 1.165) is 31.6 Å². The lowest BCUT2D eigenvalue weighted by atomic mass is 9.70. The Kier molecular flexibility index (Phi) is 4.30. The molecule has 0 amide bonds. The van der Waals surface area contributed by atoms with E-state index < -0.39 is 5.92 Å². The monoisotopic (exact) mass is 302 g/mol. The largest absolute Gasteiger partial charge is 0.508 e. The Morgan fingerprint density at radius 1 is 1.05 bits per heavy atom. The number of phenolic OH excluding ortho intramolecular Hbond substituents is 1. The van der Waals surface area contributed by atoms with Gasteiger partial charge in [-0.3, -0.25) is 9.59 Å². The Morgan fingerprint density at radius 2 is 1.68 bits per heavy atom. The summed E-state index contributed by atoms with van der Waals surface area (Å²) in [6.45, 7) is 3.34. The molecule has 0 bridgehead atoms. The van der Waals surface area contributed by atoms with Gasteiger partial charge < -0.3 is 9.84 Å². The molecule has 4 nitrogen and oxygen atoms in total. The number of benzene rings is 1. The van der Waals surface area contributed by atoms with Crippen molar-refractivity contribution in [3.8, 4) is 5.75 Å². The number of ether oxygens (including phenoxy) is 1. The normalized spacial score (nSPS) is 27.1. The molecule has 22 heavy (non-hydrogen) atoms. The van der Waals surface area contributed by atoms with Crippen LogP contribution in [-0.2, 0) is 14.3 Å². The van der Waals surface area contributed by atoms with E-state index in [-0.39, 0.29) is 23.2 Å². The van der Waals surface area contributed by atoms with Crippen molar-refractivity contribution < 1.29 is 19.4 Å². The van der Waals surface area contributed by atoms with Crippen LogP contribution in [0.1, 0.15) is 42.7 Å². The Bertz CT molecular complexity index is 569. The molecule has 0 unspecified atom stereocenters. The summed E-state index contributed by atoms with van der Waals surface area (Å²) >= 11 is 0. The highest BCUT2D eigenvalue weighted by Crippen LogP contribution is 2.39. The van der Waals surface area contributed by atoms with Crippen molar-refractivity contribution in [2.45, 2.75) is 38.5 Å². The molecule has 1 aliphatic heterocycles. The second-order valence-electron chi connectivity index (χ2n) is 6.52. The molecule has 1 aromatic rings. The third-order valence-corrected chi connectivity index (χ3v) is 5.08. The summed E-state index contributed by atoms with van der Waals surface area (Å²) in [6, 6.07) is 4.90. The van der Waals surface area contributed by atoms with E-state index >= 15 is 0 Å². The van der Waals surface area contributed by atoms with Crippen molar-refractivity contribution in [2.75, 3.05) is 13.2 Å². The number of carbonyl (C=O) groups is 2. The van der Waals surface area contributed by atoms with Crippen molar-refractivity contribution in [1.29, 1.82) is 0 Å². The van der Waals surface area contributed by atoms with Crippen molar-refractivity contribution in [1.82, 2.24) is 0 Å². The van der Waals surface area contributed by atoms with Crippen LogP contribution in [0.15, 0.2) is 18.2 Å². The second kappa shape index (κ2) is 6.21. The van der Waals surface area contributed by atoms with Crippen LogP contribution in [0, 0.1) is 18.8 Å². The van der Waals surface area contributed by atoms with Gasteiger partial charge in [-0.25, -0.2) is 0 Å². The van der Waals surface area contributed by atoms with E-state index in [1.165, 1.54) is 0 Å². The number of aryl methyl sites for hydroxylation is 1. The van der Waals surface area contributed by atoms with Crippen LogP contribution in [0.3, 0.4) is 0 Å². The van der Waals surface area contributed by atoms with E-state index in [0.29, 0.717) is 24.3 Å². The standard InChI is InChI=1S/C18H22O4/c1-11-2-3-14(19)10-15(11)18-16(20)8-13(9-17(18)21)12-4-6-22-7-5-12/h2-3,10,12-13,18-19H,4-9H2,1H3. The first-order valence-corrected chi connectivity index (χ1v) is 7.99. The summed E-state index contributed by atoms with van der Waals surface area (Å²) in [7, 11) is 0. The molecule has 1 N–H and O–H groups in total. The maximum atomic E-state index is 12.6. The fourth-order valence-electron chi connectivity index (χ4n) is 3.81. The van der Waals surface area contributed by atoms with Crippen LogP contribution < -0.4 is 0 Å². The number of Topliss-reactive ketones (excluding diaryl/α,β-unsaturated/α-hetero) is 2. The van der Waals surface area contributed by atoms with Crippen LogP contribution in [0.5, 0.6) is 5.75 Å². The molecule has 2 aliphatic rings. The highest BCUT2D eigenvalue weighted by Gasteiger charge is 2.40. The number of phenols is 1. The van der Waals surface area contributed by atoms with Crippen LogP contribution in [0.25, 0.3) is 0 Å². The second-order valence-corrected chi connectivity index (χ2v) is 6.52. The van der Waals surface area contributed by atoms with Crippen LogP contribution in [0.4, 0.5) is 0 Å².